The standard InChI is InChI=1S/C18H22ClNO/c1-2-18(15-8-4-9-16(19)13-15)20-17-10-3-6-14(12-17)7-5-11-21/h3-4,6,8-10,12-13,18,20-21H,2,5,7,11H2,1H3. The number of anilines is 1. The second kappa shape index (κ2) is 8.06. The lowest BCUT2D eigenvalue weighted by Gasteiger charge is -2.19. The van der Waals surface area contributed by atoms with E-state index in [4.69, 9.17) is 16.7 Å². The van der Waals surface area contributed by atoms with Crippen LogP contribution < -0.4 is 5.32 Å². The minimum Gasteiger partial charge on any atom is -0.396 e. The van der Waals surface area contributed by atoms with Crippen molar-refractivity contribution < 1.29 is 5.11 Å². The number of rotatable bonds is 7. The summed E-state index contributed by atoms with van der Waals surface area (Å²) >= 11 is 6.08. The van der Waals surface area contributed by atoms with E-state index < -0.39 is 0 Å². The molecule has 0 saturated heterocycles. The molecule has 0 saturated carbocycles. The highest BCUT2D eigenvalue weighted by Crippen LogP contribution is 2.25. The number of nitrogens with one attached hydrogen (secondary N) is 1. The number of aryl methyl sites for hydroxylation is 1. The number of benzene rings is 2. The lowest BCUT2D eigenvalue weighted by molar-refractivity contribution is 0.288. The highest BCUT2D eigenvalue weighted by atomic mass is 35.5. The van der Waals surface area contributed by atoms with Crippen molar-refractivity contribution >= 4 is 17.3 Å². The molecule has 2 aromatic carbocycles. The van der Waals surface area contributed by atoms with Crippen LogP contribution in [0.5, 0.6) is 0 Å². The summed E-state index contributed by atoms with van der Waals surface area (Å²) in [4.78, 5) is 0. The molecule has 2 N–H and O–H groups in total. The van der Waals surface area contributed by atoms with E-state index in [2.05, 4.69) is 42.6 Å². The van der Waals surface area contributed by atoms with Gasteiger partial charge in [-0.05, 0) is 54.7 Å². The fraction of sp³-hybridized carbons (Fsp3) is 0.333. The van der Waals surface area contributed by atoms with Gasteiger partial charge in [0.25, 0.3) is 0 Å². The Labute approximate surface area is 131 Å². The maximum atomic E-state index is 8.93. The third-order valence-corrected chi connectivity index (χ3v) is 3.79. The molecule has 112 valence electrons. The molecule has 0 aliphatic rings. The minimum absolute atomic E-state index is 0.234. The molecule has 0 aromatic heterocycles. The molecule has 0 aliphatic heterocycles. The molecule has 1 unspecified atom stereocenters. The van der Waals surface area contributed by atoms with Gasteiger partial charge >= 0.3 is 0 Å². The first-order valence-corrected chi connectivity index (χ1v) is 7.82. The molecule has 0 bridgehead atoms. The first-order valence-electron chi connectivity index (χ1n) is 7.44. The van der Waals surface area contributed by atoms with Crippen LogP contribution in [0.3, 0.4) is 0 Å². The van der Waals surface area contributed by atoms with E-state index in [1.165, 1.54) is 11.1 Å². The van der Waals surface area contributed by atoms with Gasteiger partial charge in [-0.25, -0.2) is 0 Å². The zero-order valence-electron chi connectivity index (χ0n) is 12.3. The number of aliphatic hydroxyl groups is 1. The van der Waals surface area contributed by atoms with E-state index in [-0.39, 0.29) is 12.6 Å². The normalized spacial score (nSPS) is 12.1. The maximum absolute atomic E-state index is 8.93. The fourth-order valence-electron chi connectivity index (χ4n) is 2.45. The van der Waals surface area contributed by atoms with E-state index in [0.717, 1.165) is 30.0 Å². The van der Waals surface area contributed by atoms with Crippen molar-refractivity contribution in [3.8, 4) is 0 Å². The number of hydrogen-bond acceptors (Lipinski definition) is 2. The van der Waals surface area contributed by atoms with E-state index in [1.807, 2.05) is 18.2 Å². The second-order valence-electron chi connectivity index (χ2n) is 5.19. The van der Waals surface area contributed by atoms with Crippen LogP contribution in [0.2, 0.25) is 5.02 Å². The van der Waals surface area contributed by atoms with Gasteiger partial charge in [-0.2, -0.15) is 0 Å². The van der Waals surface area contributed by atoms with Gasteiger partial charge in [0.1, 0.15) is 0 Å². The molecule has 0 fully saturated rings. The zero-order chi connectivity index (χ0) is 15.1. The van der Waals surface area contributed by atoms with Gasteiger partial charge in [-0.15, -0.1) is 0 Å². The maximum Gasteiger partial charge on any atom is 0.0511 e. The molecule has 2 rings (SSSR count). The molecule has 0 radical (unpaired) electrons. The average molecular weight is 304 g/mol. The third kappa shape index (κ3) is 4.76. The lowest BCUT2D eigenvalue weighted by atomic mass is 10.0. The van der Waals surface area contributed by atoms with Gasteiger partial charge in [0.05, 0.1) is 6.04 Å². The molecule has 2 aromatic rings. The molecular formula is C18H22ClNO. The largest absolute Gasteiger partial charge is 0.396 e. The molecule has 2 nitrogen and oxygen atoms in total. The van der Waals surface area contributed by atoms with E-state index in [9.17, 15) is 0 Å². The van der Waals surface area contributed by atoms with Crippen molar-refractivity contribution in [1.82, 2.24) is 0 Å². The highest BCUT2D eigenvalue weighted by Gasteiger charge is 2.09. The molecule has 0 aliphatic carbocycles. The predicted octanol–water partition coefficient (Wildman–Crippen LogP) is 4.83. The van der Waals surface area contributed by atoms with Crippen LogP contribution in [0.1, 0.15) is 36.9 Å². The Morgan fingerprint density at radius 1 is 1.14 bits per heavy atom. The van der Waals surface area contributed by atoms with Crippen LogP contribution in [0.25, 0.3) is 0 Å². The van der Waals surface area contributed by atoms with Crippen molar-refractivity contribution in [3.05, 3.63) is 64.7 Å². The Bertz CT molecular complexity index is 571. The lowest BCUT2D eigenvalue weighted by Crippen LogP contribution is -2.09. The molecule has 0 spiro atoms. The molecular weight excluding hydrogens is 282 g/mol. The number of halogens is 1. The Morgan fingerprint density at radius 3 is 2.67 bits per heavy atom. The molecule has 21 heavy (non-hydrogen) atoms. The second-order valence-corrected chi connectivity index (χ2v) is 5.62. The zero-order valence-corrected chi connectivity index (χ0v) is 13.1. The minimum atomic E-state index is 0.234. The van der Waals surface area contributed by atoms with Crippen molar-refractivity contribution in [2.45, 2.75) is 32.2 Å². The van der Waals surface area contributed by atoms with Gasteiger partial charge in [0.15, 0.2) is 0 Å². The summed E-state index contributed by atoms with van der Waals surface area (Å²) in [5, 5.41) is 13.3. The van der Waals surface area contributed by atoms with Gasteiger partial charge in [-0.3, -0.25) is 0 Å². The summed E-state index contributed by atoms with van der Waals surface area (Å²) in [7, 11) is 0. The molecule has 0 amide bonds. The van der Waals surface area contributed by atoms with Crippen molar-refractivity contribution in [3.63, 3.8) is 0 Å². The topological polar surface area (TPSA) is 32.3 Å². The third-order valence-electron chi connectivity index (χ3n) is 3.55. The molecule has 3 heteroatoms. The van der Waals surface area contributed by atoms with Gasteiger partial charge in [0, 0.05) is 17.3 Å². The average Bonchev–Trinajstić information content (AvgIpc) is 2.51. The molecule has 0 heterocycles. The summed E-state index contributed by atoms with van der Waals surface area (Å²) in [6, 6.07) is 16.6. The Hall–Kier alpha value is -1.51. The van der Waals surface area contributed by atoms with E-state index in [1.54, 1.807) is 0 Å². The van der Waals surface area contributed by atoms with Crippen LogP contribution >= 0.6 is 11.6 Å². The van der Waals surface area contributed by atoms with Gasteiger partial charge in [-0.1, -0.05) is 42.8 Å². The van der Waals surface area contributed by atoms with Crippen LogP contribution in [0.15, 0.2) is 48.5 Å². The van der Waals surface area contributed by atoms with Crippen molar-refractivity contribution in [2.75, 3.05) is 11.9 Å². The smallest absolute Gasteiger partial charge is 0.0511 e. The predicted molar refractivity (Wildman–Crippen MR) is 90.0 cm³/mol. The van der Waals surface area contributed by atoms with Crippen LogP contribution in [0.4, 0.5) is 5.69 Å². The Balaban J connectivity index is 2.11. The quantitative estimate of drug-likeness (QED) is 0.768. The van der Waals surface area contributed by atoms with Crippen LogP contribution in [0, 0.1) is 0 Å². The van der Waals surface area contributed by atoms with E-state index >= 15 is 0 Å². The monoisotopic (exact) mass is 303 g/mol. The van der Waals surface area contributed by atoms with Crippen molar-refractivity contribution in [2.24, 2.45) is 0 Å². The van der Waals surface area contributed by atoms with Crippen LogP contribution in [-0.4, -0.2) is 11.7 Å². The fourth-order valence-corrected chi connectivity index (χ4v) is 2.64. The number of aliphatic hydroxyl groups excluding tert-OH is 1. The van der Waals surface area contributed by atoms with Gasteiger partial charge < -0.3 is 10.4 Å². The van der Waals surface area contributed by atoms with Crippen LogP contribution in [-0.2, 0) is 6.42 Å². The Kier molecular flexibility index (Phi) is 6.09. The summed E-state index contributed by atoms with van der Waals surface area (Å²) in [5.41, 5.74) is 3.55. The Morgan fingerprint density at radius 2 is 1.95 bits per heavy atom. The SMILES string of the molecule is CCC(Nc1cccc(CCCO)c1)c1cccc(Cl)c1. The number of hydrogen-bond donors (Lipinski definition) is 2. The van der Waals surface area contributed by atoms with Gasteiger partial charge in [0.2, 0.25) is 0 Å². The van der Waals surface area contributed by atoms with E-state index in [0.29, 0.717) is 0 Å². The summed E-state index contributed by atoms with van der Waals surface area (Å²) in [5.74, 6) is 0. The van der Waals surface area contributed by atoms with Crippen molar-refractivity contribution in [1.29, 1.82) is 0 Å². The first-order chi connectivity index (χ1) is 10.2. The first kappa shape index (κ1) is 15.9. The summed E-state index contributed by atoms with van der Waals surface area (Å²) in [6.07, 6.45) is 2.69. The molecule has 1 atom stereocenters. The highest BCUT2D eigenvalue weighted by molar-refractivity contribution is 6.30. The summed E-state index contributed by atoms with van der Waals surface area (Å²) < 4.78 is 0. The summed E-state index contributed by atoms with van der Waals surface area (Å²) in [6.45, 7) is 2.39.